The molecule has 0 aliphatic carbocycles. The number of anilines is 1. The van der Waals surface area contributed by atoms with Crippen LogP contribution in [0.25, 0.3) is 22.0 Å². The van der Waals surface area contributed by atoms with E-state index < -0.39 is 0 Å². The van der Waals surface area contributed by atoms with Crippen molar-refractivity contribution in [1.82, 2.24) is 19.9 Å². The summed E-state index contributed by atoms with van der Waals surface area (Å²) in [4.78, 5) is 16.0. The number of aromatic amines is 1. The Bertz CT molecular complexity index is 943. The molecule has 0 saturated heterocycles. The maximum atomic E-state index is 5.40. The first-order valence-corrected chi connectivity index (χ1v) is 7.32. The molecule has 0 saturated carbocycles. The number of aryl methyl sites for hydroxylation is 1. The molecule has 3 aromatic heterocycles. The maximum absolute atomic E-state index is 5.40. The van der Waals surface area contributed by atoms with Gasteiger partial charge in [0, 0.05) is 23.3 Å². The van der Waals surface area contributed by atoms with Crippen LogP contribution in [0.15, 0.2) is 53.7 Å². The summed E-state index contributed by atoms with van der Waals surface area (Å²) in [5.41, 5.74) is 3.05. The van der Waals surface area contributed by atoms with Gasteiger partial charge in [0.25, 0.3) is 0 Å². The molecule has 0 fully saturated rings. The second-order valence-corrected chi connectivity index (χ2v) is 5.23. The SMILES string of the molecule is Cc1occc1-c1ccc2ncnc(NCc3ncc[nH]3)c2c1. The molecule has 0 amide bonds. The Morgan fingerprint density at radius 1 is 1.17 bits per heavy atom. The van der Waals surface area contributed by atoms with Crippen LogP contribution in [0.4, 0.5) is 5.82 Å². The Kier molecular flexibility index (Phi) is 3.27. The van der Waals surface area contributed by atoms with E-state index in [0.29, 0.717) is 6.54 Å². The molecule has 3 heterocycles. The van der Waals surface area contributed by atoms with Gasteiger partial charge in [-0.25, -0.2) is 15.0 Å². The van der Waals surface area contributed by atoms with Gasteiger partial charge in [-0.15, -0.1) is 0 Å². The van der Waals surface area contributed by atoms with Gasteiger partial charge in [-0.2, -0.15) is 0 Å². The van der Waals surface area contributed by atoms with Gasteiger partial charge in [0.1, 0.15) is 23.7 Å². The number of hydrogen-bond acceptors (Lipinski definition) is 5. The smallest absolute Gasteiger partial charge is 0.137 e. The molecule has 0 spiro atoms. The van der Waals surface area contributed by atoms with E-state index >= 15 is 0 Å². The molecular formula is C17H15N5O. The highest BCUT2D eigenvalue weighted by Crippen LogP contribution is 2.29. The molecule has 0 unspecified atom stereocenters. The first kappa shape index (κ1) is 13.5. The van der Waals surface area contributed by atoms with Crippen LogP contribution >= 0.6 is 0 Å². The van der Waals surface area contributed by atoms with Crippen molar-refractivity contribution in [1.29, 1.82) is 0 Å². The number of furan rings is 1. The lowest BCUT2D eigenvalue weighted by molar-refractivity contribution is 0.535. The molecule has 4 rings (SSSR count). The topological polar surface area (TPSA) is 79.6 Å². The Labute approximate surface area is 132 Å². The van der Waals surface area contributed by atoms with E-state index in [4.69, 9.17) is 4.42 Å². The zero-order chi connectivity index (χ0) is 15.6. The number of nitrogens with zero attached hydrogens (tertiary/aromatic N) is 3. The van der Waals surface area contributed by atoms with Crippen molar-refractivity contribution in [3.8, 4) is 11.1 Å². The quantitative estimate of drug-likeness (QED) is 0.603. The lowest BCUT2D eigenvalue weighted by Gasteiger charge is -2.08. The number of rotatable bonds is 4. The highest BCUT2D eigenvalue weighted by Gasteiger charge is 2.09. The number of hydrogen-bond donors (Lipinski definition) is 2. The predicted molar refractivity (Wildman–Crippen MR) is 87.9 cm³/mol. The van der Waals surface area contributed by atoms with E-state index in [9.17, 15) is 0 Å². The third-order valence-electron chi connectivity index (χ3n) is 3.78. The van der Waals surface area contributed by atoms with Crippen molar-refractivity contribution in [3.63, 3.8) is 0 Å². The van der Waals surface area contributed by atoms with Crippen LogP contribution in [0, 0.1) is 6.92 Å². The average molecular weight is 305 g/mol. The number of fused-ring (bicyclic) bond motifs is 1. The molecule has 0 aliphatic heterocycles. The Balaban J connectivity index is 1.74. The van der Waals surface area contributed by atoms with Crippen LogP contribution in [0.1, 0.15) is 11.6 Å². The second-order valence-electron chi connectivity index (χ2n) is 5.23. The normalized spacial score (nSPS) is 11.0. The number of H-pyrrole nitrogens is 1. The van der Waals surface area contributed by atoms with Crippen LogP contribution in [0.5, 0.6) is 0 Å². The molecule has 4 aromatic rings. The maximum Gasteiger partial charge on any atom is 0.137 e. The van der Waals surface area contributed by atoms with E-state index in [1.807, 2.05) is 25.1 Å². The molecule has 0 atom stereocenters. The molecule has 114 valence electrons. The fraction of sp³-hybridized carbons (Fsp3) is 0.118. The molecule has 0 radical (unpaired) electrons. The van der Waals surface area contributed by atoms with Gasteiger partial charge < -0.3 is 14.7 Å². The summed E-state index contributed by atoms with van der Waals surface area (Å²) in [5.74, 6) is 2.54. The van der Waals surface area contributed by atoms with Crippen LogP contribution < -0.4 is 5.32 Å². The van der Waals surface area contributed by atoms with E-state index in [1.54, 1.807) is 25.0 Å². The molecule has 6 heteroatoms. The minimum absolute atomic E-state index is 0.577. The third kappa shape index (κ3) is 2.55. The fourth-order valence-corrected chi connectivity index (χ4v) is 2.61. The molecular weight excluding hydrogens is 290 g/mol. The third-order valence-corrected chi connectivity index (χ3v) is 3.78. The summed E-state index contributed by atoms with van der Waals surface area (Å²) >= 11 is 0. The van der Waals surface area contributed by atoms with Gasteiger partial charge in [0.05, 0.1) is 18.3 Å². The predicted octanol–water partition coefficient (Wildman–Crippen LogP) is 3.53. The van der Waals surface area contributed by atoms with Crippen LogP contribution in [0.3, 0.4) is 0 Å². The number of imidazole rings is 1. The molecule has 1 aromatic carbocycles. The average Bonchev–Trinajstić information content (AvgIpc) is 3.24. The fourth-order valence-electron chi connectivity index (χ4n) is 2.61. The van der Waals surface area contributed by atoms with Crippen molar-refractivity contribution >= 4 is 16.7 Å². The molecule has 6 nitrogen and oxygen atoms in total. The summed E-state index contributed by atoms with van der Waals surface area (Å²) in [6.07, 6.45) is 6.80. The molecule has 2 N–H and O–H groups in total. The summed E-state index contributed by atoms with van der Waals surface area (Å²) in [6.45, 7) is 2.53. The number of aromatic nitrogens is 4. The van der Waals surface area contributed by atoms with E-state index in [2.05, 4.69) is 31.3 Å². The summed E-state index contributed by atoms with van der Waals surface area (Å²) < 4.78 is 5.40. The minimum atomic E-state index is 0.577. The summed E-state index contributed by atoms with van der Waals surface area (Å²) in [5, 5.41) is 4.28. The van der Waals surface area contributed by atoms with Crippen molar-refractivity contribution in [2.75, 3.05) is 5.32 Å². The van der Waals surface area contributed by atoms with Crippen molar-refractivity contribution < 1.29 is 4.42 Å². The van der Waals surface area contributed by atoms with Gasteiger partial charge in [0.15, 0.2) is 0 Å². The van der Waals surface area contributed by atoms with Crippen molar-refractivity contribution in [3.05, 3.63) is 60.8 Å². The monoisotopic (exact) mass is 305 g/mol. The first-order valence-electron chi connectivity index (χ1n) is 7.32. The summed E-state index contributed by atoms with van der Waals surface area (Å²) in [7, 11) is 0. The van der Waals surface area contributed by atoms with Gasteiger partial charge in [-0.1, -0.05) is 6.07 Å². The minimum Gasteiger partial charge on any atom is -0.469 e. The van der Waals surface area contributed by atoms with Crippen LogP contribution in [-0.4, -0.2) is 19.9 Å². The highest BCUT2D eigenvalue weighted by atomic mass is 16.3. The van der Waals surface area contributed by atoms with Gasteiger partial charge in [0.2, 0.25) is 0 Å². The summed E-state index contributed by atoms with van der Waals surface area (Å²) in [6, 6.07) is 8.09. The van der Waals surface area contributed by atoms with E-state index in [-0.39, 0.29) is 0 Å². The second kappa shape index (κ2) is 5.57. The van der Waals surface area contributed by atoms with Crippen molar-refractivity contribution in [2.45, 2.75) is 13.5 Å². The highest BCUT2D eigenvalue weighted by molar-refractivity contribution is 5.92. The Hall–Kier alpha value is -3.15. The van der Waals surface area contributed by atoms with Crippen LogP contribution in [0.2, 0.25) is 0 Å². The zero-order valence-corrected chi connectivity index (χ0v) is 12.6. The largest absolute Gasteiger partial charge is 0.469 e. The first-order chi connectivity index (χ1) is 11.3. The van der Waals surface area contributed by atoms with Gasteiger partial charge in [-0.3, -0.25) is 0 Å². The van der Waals surface area contributed by atoms with Gasteiger partial charge >= 0.3 is 0 Å². The van der Waals surface area contributed by atoms with E-state index in [1.165, 1.54) is 0 Å². The van der Waals surface area contributed by atoms with Gasteiger partial charge in [-0.05, 0) is 30.7 Å². The Morgan fingerprint density at radius 2 is 2.13 bits per heavy atom. The molecule has 0 aliphatic rings. The Morgan fingerprint density at radius 3 is 2.91 bits per heavy atom. The van der Waals surface area contributed by atoms with Crippen LogP contribution in [-0.2, 0) is 6.54 Å². The number of nitrogens with one attached hydrogen (secondary N) is 2. The van der Waals surface area contributed by atoms with Crippen molar-refractivity contribution in [2.24, 2.45) is 0 Å². The standard InChI is InChI=1S/C17H15N5O/c1-11-13(4-7-23-11)12-2-3-15-14(8-12)17(22-10-21-15)20-9-16-18-5-6-19-16/h2-8,10H,9H2,1H3,(H,18,19)(H,20,21,22). The van der Waals surface area contributed by atoms with E-state index in [0.717, 1.165) is 39.4 Å². The number of benzene rings is 1. The lowest BCUT2D eigenvalue weighted by Crippen LogP contribution is -2.04. The zero-order valence-electron chi connectivity index (χ0n) is 12.6. The molecule has 0 bridgehead atoms. The molecule has 23 heavy (non-hydrogen) atoms. The lowest BCUT2D eigenvalue weighted by atomic mass is 10.0.